The number of carbonyl (C=O) groups is 1. The van der Waals surface area contributed by atoms with Crippen LogP contribution in [0.5, 0.6) is 0 Å². The molecule has 1 aromatic carbocycles. The molecule has 0 radical (unpaired) electrons. The van der Waals surface area contributed by atoms with Crippen LogP contribution in [0.25, 0.3) is 0 Å². The molecule has 6 heteroatoms. The van der Waals surface area contributed by atoms with Crippen molar-refractivity contribution in [2.24, 2.45) is 0 Å². The molecule has 5 nitrogen and oxygen atoms in total. The first-order valence-corrected chi connectivity index (χ1v) is 6.27. The minimum absolute atomic E-state index is 0.332. The normalized spacial score (nSPS) is 10.3. The monoisotopic (exact) mass is 263 g/mol. The van der Waals surface area contributed by atoms with Crippen LogP contribution in [-0.2, 0) is 4.74 Å². The molecule has 0 unspecified atom stereocenters. The van der Waals surface area contributed by atoms with E-state index in [0.717, 1.165) is 0 Å². The summed E-state index contributed by atoms with van der Waals surface area (Å²) in [5.74, 6) is -0.376. The minimum atomic E-state index is -0.376. The van der Waals surface area contributed by atoms with Gasteiger partial charge in [0.15, 0.2) is 5.16 Å². The Morgan fingerprint density at radius 1 is 1.56 bits per heavy atom. The Morgan fingerprint density at radius 3 is 3.06 bits per heavy atom. The number of nitrogens with zero attached hydrogens (tertiary/aromatic N) is 1. The van der Waals surface area contributed by atoms with Gasteiger partial charge in [0.05, 0.1) is 17.1 Å². The third-order valence-electron chi connectivity index (χ3n) is 2.21. The van der Waals surface area contributed by atoms with Gasteiger partial charge in [-0.3, -0.25) is 0 Å². The van der Waals surface area contributed by atoms with E-state index in [1.54, 1.807) is 37.5 Å². The number of aromatic amines is 1. The number of esters is 1. The van der Waals surface area contributed by atoms with Gasteiger partial charge in [0, 0.05) is 18.1 Å². The number of benzene rings is 1. The molecule has 0 saturated heterocycles. The molecule has 1 heterocycles. The third-order valence-corrected chi connectivity index (χ3v) is 3.29. The van der Waals surface area contributed by atoms with E-state index in [9.17, 15) is 4.79 Å². The first kappa shape index (κ1) is 12.5. The molecule has 94 valence electrons. The average molecular weight is 263 g/mol. The summed E-state index contributed by atoms with van der Waals surface area (Å²) >= 11 is 1.31. The lowest BCUT2D eigenvalue weighted by molar-refractivity contribution is 0.0522. The standard InChI is InChI=1S/C12H13N3O2S/c1-2-17-11(16)8-4-3-5-9(13)10(8)18-12-14-6-7-15-12/h3-7H,2,13H2,1H3,(H,14,15). The lowest BCUT2D eigenvalue weighted by atomic mass is 10.2. The molecule has 0 atom stereocenters. The highest BCUT2D eigenvalue weighted by atomic mass is 32.2. The van der Waals surface area contributed by atoms with Crippen molar-refractivity contribution in [2.75, 3.05) is 12.3 Å². The highest BCUT2D eigenvalue weighted by molar-refractivity contribution is 7.99. The molecule has 1 aromatic heterocycles. The summed E-state index contributed by atoms with van der Waals surface area (Å²) in [5, 5.41) is 0.679. The van der Waals surface area contributed by atoms with E-state index >= 15 is 0 Å². The van der Waals surface area contributed by atoms with Crippen LogP contribution in [-0.4, -0.2) is 22.5 Å². The Morgan fingerprint density at radius 2 is 2.39 bits per heavy atom. The molecule has 0 fully saturated rings. The number of rotatable bonds is 4. The Bertz CT molecular complexity index is 540. The van der Waals surface area contributed by atoms with Crippen LogP contribution < -0.4 is 5.73 Å². The number of ether oxygens (including phenoxy) is 1. The zero-order valence-corrected chi connectivity index (χ0v) is 10.7. The SMILES string of the molecule is CCOC(=O)c1cccc(N)c1Sc1ncc[nH]1. The molecule has 2 rings (SSSR count). The molecular weight excluding hydrogens is 250 g/mol. The molecule has 0 bridgehead atoms. The predicted molar refractivity (Wildman–Crippen MR) is 69.5 cm³/mol. The van der Waals surface area contributed by atoms with E-state index in [2.05, 4.69) is 9.97 Å². The lowest BCUT2D eigenvalue weighted by Crippen LogP contribution is -2.07. The second-order valence-corrected chi connectivity index (χ2v) is 4.44. The Labute approximate surface area is 109 Å². The van der Waals surface area contributed by atoms with Crippen molar-refractivity contribution in [2.45, 2.75) is 17.0 Å². The number of anilines is 1. The highest BCUT2D eigenvalue weighted by Crippen LogP contribution is 2.33. The number of nitrogen functional groups attached to an aromatic ring is 1. The second-order valence-electron chi connectivity index (χ2n) is 3.44. The van der Waals surface area contributed by atoms with Crippen LogP contribution in [0.15, 0.2) is 40.6 Å². The van der Waals surface area contributed by atoms with E-state index in [-0.39, 0.29) is 5.97 Å². The smallest absolute Gasteiger partial charge is 0.339 e. The van der Waals surface area contributed by atoms with Crippen LogP contribution in [0.2, 0.25) is 0 Å². The largest absolute Gasteiger partial charge is 0.462 e. The second kappa shape index (κ2) is 5.59. The molecule has 0 aliphatic heterocycles. The third kappa shape index (κ3) is 2.65. The van der Waals surface area contributed by atoms with Crippen molar-refractivity contribution in [1.29, 1.82) is 0 Å². The van der Waals surface area contributed by atoms with Crippen LogP contribution in [0.4, 0.5) is 5.69 Å². The van der Waals surface area contributed by atoms with Gasteiger partial charge in [0.25, 0.3) is 0 Å². The average Bonchev–Trinajstić information content (AvgIpc) is 2.85. The molecular formula is C12H13N3O2S. The zero-order valence-electron chi connectivity index (χ0n) is 9.84. The number of imidazole rings is 1. The van der Waals surface area contributed by atoms with Crippen molar-refractivity contribution in [3.05, 3.63) is 36.2 Å². The molecule has 2 aromatic rings. The van der Waals surface area contributed by atoms with Crippen molar-refractivity contribution in [3.63, 3.8) is 0 Å². The van der Waals surface area contributed by atoms with Gasteiger partial charge in [-0.2, -0.15) is 0 Å². The summed E-state index contributed by atoms with van der Waals surface area (Å²) in [5.41, 5.74) is 6.89. The number of carbonyl (C=O) groups excluding carboxylic acids is 1. The molecule has 3 N–H and O–H groups in total. The minimum Gasteiger partial charge on any atom is -0.462 e. The summed E-state index contributed by atoms with van der Waals surface area (Å²) in [6.07, 6.45) is 3.36. The maximum atomic E-state index is 11.8. The van der Waals surface area contributed by atoms with Crippen LogP contribution in [0.3, 0.4) is 0 Å². The summed E-state index contributed by atoms with van der Waals surface area (Å²) in [7, 11) is 0. The van der Waals surface area contributed by atoms with Gasteiger partial charge < -0.3 is 15.5 Å². The fraction of sp³-hybridized carbons (Fsp3) is 0.167. The van der Waals surface area contributed by atoms with Crippen LogP contribution in [0.1, 0.15) is 17.3 Å². The fourth-order valence-electron chi connectivity index (χ4n) is 1.44. The van der Waals surface area contributed by atoms with Gasteiger partial charge >= 0.3 is 5.97 Å². The van der Waals surface area contributed by atoms with Crippen molar-refractivity contribution in [3.8, 4) is 0 Å². The number of hydrogen-bond donors (Lipinski definition) is 2. The maximum Gasteiger partial charge on any atom is 0.339 e. The fourth-order valence-corrected chi connectivity index (χ4v) is 2.32. The molecule has 0 saturated carbocycles. The van der Waals surface area contributed by atoms with Crippen molar-refractivity contribution in [1.82, 2.24) is 9.97 Å². The lowest BCUT2D eigenvalue weighted by Gasteiger charge is -2.09. The zero-order chi connectivity index (χ0) is 13.0. The molecule has 0 amide bonds. The first-order valence-electron chi connectivity index (χ1n) is 5.45. The van der Waals surface area contributed by atoms with Crippen LogP contribution in [0, 0.1) is 0 Å². The number of aromatic nitrogens is 2. The Kier molecular flexibility index (Phi) is 3.88. The summed E-state index contributed by atoms with van der Waals surface area (Å²) < 4.78 is 5.00. The van der Waals surface area contributed by atoms with Gasteiger partial charge in [-0.15, -0.1) is 0 Å². The number of nitrogens with one attached hydrogen (secondary N) is 1. The van der Waals surface area contributed by atoms with E-state index in [0.29, 0.717) is 27.9 Å². The molecule has 18 heavy (non-hydrogen) atoms. The van der Waals surface area contributed by atoms with Gasteiger partial charge in [-0.1, -0.05) is 6.07 Å². The predicted octanol–water partition coefficient (Wildman–Crippen LogP) is 2.32. The van der Waals surface area contributed by atoms with E-state index in [1.165, 1.54) is 11.8 Å². The summed E-state index contributed by atoms with van der Waals surface area (Å²) in [6.45, 7) is 2.10. The Hall–Kier alpha value is -1.95. The van der Waals surface area contributed by atoms with Crippen LogP contribution >= 0.6 is 11.8 Å². The number of hydrogen-bond acceptors (Lipinski definition) is 5. The van der Waals surface area contributed by atoms with E-state index < -0.39 is 0 Å². The van der Waals surface area contributed by atoms with E-state index in [1.807, 2.05) is 0 Å². The van der Waals surface area contributed by atoms with Gasteiger partial charge in [-0.05, 0) is 30.8 Å². The van der Waals surface area contributed by atoms with Crippen molar-refractivity contribution >= 4 is 23.4 Å². The number of nitrogens with two attached hydrogens (primary N) is 1. The van der Waals surface area contributed by atoms with Gasteiger partial charge in [0.1, 0.15) is 0 Å². The molecule has 0 spiro atoms. The van der Waals surface area contributed by atoms with Crippen molar-refractivity contribution < 1.29 is 9.53 Å². The molecule has 0 aliphatic carbocycles. The number of H-pyrrole nitrogens is 1. The Balaban J connectivity index is 2.35. The maximum absolute atomic E-state index is 11.8. The quantitative estimate of drug-likeness (QED) is 0.653. The van der Waals surface area contributed by atoms with Gasteiger partial charge in [0.2, 0.25) is 0 Å². The topological polar surface area (TPSA) is 81.0 Å². The van der Waals surface area contributed by atoms with Gasteiger partial charge in [-0.25, -0.2) is 9.78 Å². The first-order chi connectivity index (χ1) is 8.72. The highest BCUT2D eigenvalue weighted by Gasteiger charge is 2.16. The van der Waals surface area contributed by atoms with E-state index in [4.69, 9.17) is 10.5 Å². The summed E-state index contributed by atoms with van der Waals surface area (Å²) in [4.78, 5) is 19.5. The summed E-state index contributed by atoms with van der Waals surface area (Å²) in [6, 6.07) is 5.17. The molecule has 0 aliphatic rings.